The lowest BCUT2D eigenvalue weighted by molar-refractivity contribution is 0.357. The molecule has 0 aliphatic heterocycles. The van der Waals surface area contributed by atoms with E-state index in [0.29, 0.717) is 16.1 Å². The van der Waals surface area contributed by atoms with Gasteiger partial charge in [0.25, 0.3) is 0 Å². The second kappa shape index (κ2) is 4.83. The molecule has 1 aromatic carbocycles. The normalized spacial score (nSPS) is 18.0. The monoisotopic (exact) mass is 332 g/mol. The first-order valence-corrected chi connectivity index (χ1v) is 8.10. The van der Waals surface area contributed by atoms with Gasteiger partial charge in [-0.1, -0.05) is 0 Å². The van der Waals surface area contributed by atoms with Gasteiger partial charge >= 0.3 is 0 Å². The van der Waals surface area contributed by atoms with Crippen LogP contribution in [0.15, 0.2) is 27.6 Å². The van der Waals surface area contributed by atoms with Crippen molar-refractivity contribution in [2.24, 2.45) is 5.92 Å². The number of nitrogens with two attached hydrogens (primary N) is 1. The maximum atomic E-state index is 12.5. The van der Waals surface area contributed by atoms with Crippen LogP contribution in [-0.2, 0) is 10.0 Å². The molecule has 6 heteroatoms. The third kappa shape index (κ3) is 2.55. The standard InChI is InChI=1S/C12H17BrN2O2S/c1-8(9-3-4-9)15(2)18(16,17)12-6-5-10(14)7-11(12)13/h5-9H,3-4,14H2,1-2H3. The summed E-state index contributed by atoms with van der Waals surface area (Å²) in [5, 5.41) is 0. The van der Waals surface area contributed by atoms with Crippen molar-refractivity contribution in [3.8, 4) is 0 Å². The summed E-state index contributed by atoms with van der Waals surface area (Å²) < 4.78 is 27.0. The fourth-order valence-corrected chi connectivity index (χ4v) is 4.45. The van der Waals surface area contributed by atoms with Crippen LogP contribution in [0.25, 0.3) is 0 Å². The molecule has 4 nitrogen and oxygen atoms in total. The minimum atomic E-state index is -3.46. The van der Waals surface area contributed by atoms with Gasteiger partial charge in [-0.05, 0) is 59.8 Å². The van der Waals surface area contributed by atoms with Gasteiger partial charge < -0.3 is 5.73 Å². The van der Waals surface area contributed by atoms with Gasteiger partial charge in [0, 0.05) is 23.2 Å². The summed E-state index contributed by atoms with van der Waals surface area (Å²) in [5.74, 6) is 0.498. The molecule has 1 saturated carbocycles. The van der Waals surface area contributed by atoms with E-state index in [2.05, 4.69) is 15.9 Å². The van der Waals surface area contributed by atoms with Gasteiger partial charge in [-0.15, -0.1) is 0 Å². The molecule has 0 bridgehead atoms. The quantitative estimate of drug-likeness (QED) is 0.861. The lowest BCUT2D eigenvalue weighted by Gasteiger charge is -2.24. The Labute approximate surface area is 116 Å². The van der Waals surface area contributed by atoms with Crippen LogP contribution in [-0.4, -0.2) is 25.8 Å². The molecule has 0 heterocycles. The Morgan fingerprint density at radius 1 is 1.44 bits per heavy atom. The zero-order chi connectivity index (χ0) is 13.5. The summed E-state index contributed by atoms with van der Waals surface area (Å²) in [5.41, 5.74) is 6.17. The predicted octanol–water partition coefficient (Wildman–Crippen LogP) is 2.45. The van der Waals surface area contributed by atoms with Crippen LogP contribution in [0.2, 0.25) is 0 Å². The summed E-state index contributed by atoms with van der Waals surface area (Å²) in [4.78, 5) is 0.270. The molecule has 2 N–H and O–H groups in total. The molecule has 0 saturated heterocycles. The minimum absolute atomic E-state index is 0.0412. The SMILES string of the molecule is CC(C1CC1)N(C)S(=O)(=O)c1ccc(N)cc1Br. The Morgan fingerprint density at radius 3 is 2.56 bits per heavy atom. The highest BCUT2D eigenvalue weighted by Crippen LogP contribution is 2.37. The second-order valence-corrected chi connectivity index (χ2v) is 7.61. The molecule has 1 aliphatic rings. The molecule has 1 fully saturated rings. The van der Waals surface area contributed by atoms with E-state index in [0.717, 1.165) is 12.8 Å². The Balaban J connectivity index is 2.34. The van der Waals surface area contributed by atoms with Crippen molar-refractivity contribution in [3.05, 3.63) is 22.7 Å². The summed E-state index contributed by atoms with van der Waals surface area (Å²) >= 11 is 3.27. The Hall–Kier alpha value is -0.590. The number of rotatable bonds is 4. The smallest absolute Gasteiger partial charge is 0.244 e. The van der Waals surface area contributed by atoms with Crippen molar-refractivity contribution in [2.75, 3.05) is 12.8 Å². The number of hydrogen-bond acceptors (Lipinski definition) is 3. The Kier molecular flexibility index (Phi) is 3.71. The third-order valence-electron chi connectivity index (χ3n) is 3.49. The molecule has 0 amide bonds. The lowest BCUT2D eigenvalue weighted by Crippen LogP contribution is -2.36. The fraction of sp³-hybridized carbons (Fsp3) is 0.500. The summed E-state index contributed by atoms with van der Waals surface area (Å²) in [6, 6.07) is 4.81. The van der Waals surface area contributed by atoms with Gasteiger partial charge in [-0.3, -0.25) is 0 Å². The molecule has 1 aromatic rings. The van der Waals surface area contributed by atoms with Gasteiger partial charge in [0.15, 0.2) is 0 Å². The van der Waals surface area contributed by atoms with E-state index in [1.165, 1.54) is 4.31 Å². The first-order chi connectivity index (χ1) is 8.34. The first-order valence-electron chi connectivity index (χ1n) is 5.87. The lowest BCUT2D eigenvalue weighted by atomic mass is 10.2. The molecule has 100 valence electrons. The number of anilines is 1. The zero-order valence-electron chi connectivity index (χ0n) is 10.4. The van der Waals surface area contributed by atoms with E-state index < -0.39 is 10.0 Å². The van der Waals surface area contributed by atoms with Gasteiger partial charge in [0.1, 0.15) is 0 Å². The summed E-state index contributed by atoms with van der Waals surface area (Å²) in [6.07, 6.45) is 2.23. The van der Waals surface area contributed by atoms with Crippen molar-refractivity contribution in [1.29, 1.82) is 0 Å². The van der Waals surface area contributed by atoms with E-state index in [1.54, 1.807) is 25.2 Å². The molecule has 18 heavy (non-hydrogen) atoms. The van der Waals surface area contributed by atoms with Crippen LogP contribution in [0.3, 0.4) is 0 Å². The van der Waals surface area contributed by atoms with Crippen LogP contribution in [0.1, 0.15) is 19.8 Å². The van der Waals surface area contributed by atoms with Crippen LogP contribution >= 0.6 is 15.9 Å². The maximum Gasteiger partial charge on any atom is 0.244 e. The number of benzene rings is 1. The molecule has 2 rings (SSSR count). The highest BCUT2D eigenvalue weighted by Gasteiger charge is 2.36. The fourth-order valence-electron chi connectivity index (χ4n) is 1.98. The molecule has 1 unspecified atom stereocenters. The summed E-state index contributed by atoms with van der Waals surface area (Å²) in [7, 11) is -1.82. The number of halogens is 1. The van der Waals surface area contributed by atoms with Gasteiger partial charge in [0.05, 0.1) is 4.90 Å². The highest BCUT2D eigenvalue weighted by molar-refractivity contribution is 9.10. The van der Waals surface area contributed by atoms with E-state index in [4.69, 9.17) is 5.73 Å². The van der Waals surface area contributed by atoms with Crippen molar-refractivity contribution >= 4 is 31.6 Å². The molecular formula is C12H17BrN2O2S. The molecule has 0 spiro atoms. The third-order valence-corrected chi connectivity index (χ3v) is 6.41. The topological polar surface area (TPSA) is 63.4 Å². The number of nitrogen functional groups attached to an aromatic ring is 1. The van der Waals surface area contributed by atoms with Crippen LogP contribution < -0.4 is 5.73 Å². The van der Waals surface area contributed by atoms with Gasteiger partial charge in [-0.2, -0.15) is 4.31 Å². The molecule has 0 aromatic heterocycles. The van der Waals surface area contributed by atoms with E-state index in [-0.39, 0.29) is 10.9 Å². The van der Waals surface area contributed by atoms with Crippen molar-refractivity contribution in [1.82, 2.24) is 4.31 Å². The Bertz CT molecular complexity index is 555. The average Bonchev–Trinajstić information content (AvgIpc) is 3.10. The van der Waals surface area contributed by atoms with Crippen molar-refractivity contribution < 1.29 is 8.42 Å². The van der Waals surface area contributed by atoms with Crippen molar-refractivity contribution in [3.63, 3.8) is 0 Å². The zero-order valence-corrected chi connectivity index (χ0v) is 12.8. The van der Waals surface area contributed by atoms with Crippen LogP contribution in [0.5, 0.6) is 0 Å². The van der Waals surface area contributed by atoms with E-state index in [1.807, 2.05) is 6.92 Å². The molecule has 0 radical (unpaired) electrons. The molecule has 1 atom stereocenters. The van der Waals surface area contributed by atoms with E-state index >= 15 is 0 Å². The van der Waals surface area contributed by atoms with E-state index in [9.17, 15) is 8.42 Å². The summed E-state index contributed by atoms with van der Waals surface area (Å²) in [6.45, 7) is 1.96. The van der Waals surface area contributed by atoms with Gasteiger partial charge in [0.2, 0.25) is 10.0 Å². The molecular weight excluding hydrogens is 316 g/mol. The Morgan fingerprint density at radius 2 is 2.06 bits per heavy atom. The number of hydrogen-bond donors (Lipinski definition) is 1. The minimum Gasteiger partial charge on any atom is -0.399 e. The van der Waals surface area contributed by atoms with Crippen LogP contribution in [0, 0.1) is 5.92 Å². The highest BCUT2D eigenvalue weighted by atomic mass is 79.9. The van der Waals surface area contributed by atoms with Crippen molar-refractivity contribution in [2.45, 2.75) is 30.7 Å². The predicted molar refractivity (Wildman–Crippen MR) is 75.7 cm³/mol. The van der Waals surface area contributed by atoms with Gasteiger partial charge in [-0.25, -0.2) is 8.42 Å². The van der Waals surface area contributed by atoms with Crippen LogP contribution in [0.4, 0.5) is 5.69 Å². The largest absolute Gasteiger partial charge is 0.399 e. The number of nitrogens with zero attached hydrogens (tertiary/aromatic N) is 1. The maximum absolute atomic E-state index is 12.5. The first kappa shape index (κ1) is 13.8. The number of sulfonamides is 1. The second-order valence-electron chi connectivity index (χ2n) is 4.79. The average molecular weight is 333 g/mol. The molecule has 1 aliphatic carbocycles.